The van der Waals surface area contributed by atoms with Crippen LogP contribution in [0.5, 0.6) is 0 Å². The fourth-order valence-electron chi connectivity index (χ4n) is 2.71. The molecule has 0 fully saturated rings. The van der Waals surface area contributed by atoms with E-state index < -0.39 is 0 Å². The van der Waals surface area contributed by atoms with Gasteiger partial charge in [0.2, 0.25) is 0 Å². The Hall–Kier alpha value is -1.56. The maximum absolute atomic E-state index is 11.7. The quantitative estimate of drug-likeness (QED) is 0.742. The summed E-state index contributed by atoms with van der Waals surface area (Å²) in [6, 6.07) is 10.0. The molecule has 0 atom stereocenters. The Kier molecular flexibility index (Phi) is 6.27. The van der Waals surface area contributed by atoms with E-state index in [9.17, 15) is 4.79 Å². The molecule has 0 aliphatic carbocycles. The van der Waals surface area contributed by atoms with Crippen molar-refractivity contribution in [1.82, 2.24) is 9.88 Å². The van der Waals surface area contributed by atoms with Crippen LogP contribution in [-0.4, -0.2) is 42.9 Å². The number of carbonyl (C=O) groups is 1. The van der Waals surface area contributed by atoms with Crippen molar-refractivity contribution in [2.75, 3.05) is 32.1 Å². The number of carbonyl (C=O) groups excluding carboxylic acids is 1. The summed E-state index contributed by atoms with van der Waals surface area (Å²) in [6.07, 6.45) is 2.90. The molecule has 1 aromatic heterocycles. The van der Waals surface area contributed by atoms with Crippen LogP contribution in [-0.2, 0) is 0 Å². The second-order valence-electron chi connectivity index (χ2n) is 5.97. The van der Waals surface area contributed by atoms with Crippen molar-refractivity contribution in [2.24, 2.45) is 0 Å². The van der Waals surface area contributed by atoms with E-state index >= 15 is 0 Å². The lowest BCUT2D eigenvalue weighted by molar-refractivity contribution is 0.101. The van der Waals surface area contributed by atoms with Gasteiger partial charge in [0.1, 0.15) is 5.82 Å². The van der Waals surface area contributed by atoms with Crippen molar-refractivity contribution in [3.63, 3.8) is 0 Å². The monoisotopic (exact) mass is 363 g/mol. The van der Waals surface area contributed by atoms with E-state index in [1.807, 2.05) is 30.5 Å². The maximum Gasteiger partial charge on any atom is 0.159 e. The summed E-state index contributed by atoms with van der Waals surface area (Å²) >= 11 is 1.69. The standard InChI is InChI=1S/C18H21N3OS.ClH/c1-13(22)14-7-8-15-17(12-14)23-16-6-4-9-19-18(16)21(15)11-5-10-20(2)3;/h4,6-9,12H,5,10-11H2,1-3H3;1H. The third-order valence-corrected chi connectivity index (χ3v) is 4.96. The van der Waals surface area contributed by atoms with Gasteiger partial charge in [-0.3, -0.25) is 4.79 Å². The molecule has 0 bridgehead atoms. The molecule has 128 valence electrons. The third kappa shape index (κ3) is 3.91. The molecule has 0 spiro atoms. The van der Waals surface area contributed by atoms with Crippen molar-refractivity contribution < 1.29 is 4.79 Å². The first-order valence-electron chi connectivity index (χ1n) is 7.76. The van der Waals surface area contributed by atoms with Crippen LogP contribution in [0.3, 0.4) is 0 Å². The average Bonchev–Trinajstić information content (AvgIpc) is 2.53. The lowest BCUT2D eigenvalue weighted by Crippen LogP contribution is -2.26. The zero-order valence-corrected chi connectivity index (χ0v) is 15.8. The van der Waals surface area contributed by atoms with Gasteiger partial charge in [-0.2, -0.15) is 0 Å². The summed E-state index contributed by atoms with van der Waals surface area (Å²) in [5.41, 5.74) is 1.90. The number of hydrogen-bond donors (Lipinski definition) is 0. The fourth-order valence-corrected chi connectivity index (χ4v) is 3.81. The number of aromatic nitrogens is 1. The minimum atomic E-state index is 0. The molecule has 6 heteroatoms. The van der Waals surface area contributed by atoms with Gasteiger partial charge in [-0.1, -0.05) is 11.8 Å². The van der Waals surface area contributed by atoms with Crippen LogP contribution in [0.2, 0.25) is 0 Å². The molecule has 0 unspecified atom stereocenters. The predicted molar refractivity (Wildman–Crippen MR) is 102 cm³/mol. The molecule has 0 saturated heterocycles. The first-order valence-corrected chi connectivity index (χ1v) is 8.58. The van der Waals surface area contributed by atoms with E-state index in [1.165, 1.54) is 0 Å². The van der Waals surface area contributed by atoms with Crippen LogP contribution in [0.15, 0.2) is 46.3 Å². The molecule has 0 saturated carbocycles. The van der Waals surface area contributed by atoms with Crippen molar-refractivity contribution in [3.05, 3.63) is 42.1 Å². The van der Waals surface area contributed by atoms with Crippen LogP contribution >= 0.6 is 24.2 Å². The van der Waals surface area contributed by atoms with Gasteiger partial charge in [0.05, 0.1) is 10.6 Å². The first-order chi connectivity index (χ1) is 11.1. The highest BCUT2D eigenvalue weighted by Crippen LogP contribution is 2.47. The number of halogens is 1. The predicted octanol–water partition coefficient (Wildman–Crippen LogP) is 4.26. The molecule has 2 aromatic rings. The van der Waals surface area contributed by atoms with Gasteiger partial charge >= 0.3 is 0 Å². The minimum Gasteiger partial charge on any atom is -0.324 e. The Morgan fingerprint density at radius 2 is 2.04 bits per heavy atom. The second kappa shape index (κ2) is 8.01. The van der Waals surface area contributed by atoms with Gasteiger partial charge < -0.3 is 9.80 Å². The highest BCUT2D eigenvalue weighted by Gasteiger charge is 2.24. The fraction of sp³-hybridized carbons (Fsp3) is 0.333. The summed E-state index contributed by atoms with van der Waals surface area (Å²) < 4.78 is 0. The molecule has 3 rings (SSSR count). The van der Waals surface area contributed by atoms with Crippen LogP contribution in [0, 0.1) is 0 Å². The minimum absolute atomic E-state index is 0. The number of hydrogen-bond acceptors (Lipinski definition) is 5. The number of anilines is 2. The lowest BCUT2D eigenvalue weighted by atomic mass is 10.1. The lowest BCUT2D eigenvalue weighted by Gasteiger charge is -2.32. The normalized spacial score (nSPS) is 12.4. The number of rotatable bonds is 5. The molecule has 0 radical (unpaired) electrons. The van der Waals surface area contributed by atoms with E-state index in [4.69, 9.17) is 0 Å². The number of nitrogens with zero attached hydrogens (tertiary/aromatic N) is 3. The smallest absolute Gasteiger partial charge is 0.159 e. The van der Waals surface area contributed by atoms with Gasteiger partial charge in [-0.05, 0) is 64.3 Å². The SMILES string of the molecule is CC(=O)c1ccc2c(c1)Sc1cccnc1N2CCCN(C)C.Cl. The number of fused-ring (bicyclic) bond motifs is 2. The van der Waals surface area contributed by atoms with E-state index in [2.05, 4.69) is 34.9 Å². The Morgan fingerprint density at radius 3 is 2.75 bits per heavy atom. The molecule has 1 aromatic carbocycles. The largest absolute Gasteiger partial charge is 0.324 e. The van der Waals surface area contributed by atoms with Gasteiger partial charge in [0.15, 0.2) is 5.78 Å². The van der Waals surface area contributed by atoms with Gasteiger partial charge in [-0.15, -0.1) is 12.4 Å². The highest BCUT2D eigenvalue weighted by atomic mass is 35.5. The Balaban J connectivity index is 0.00000208. The van der Waals surface area contributed by atoms with Crippen LogP contribution in [0.4, 0.5) is 11.5 Å². The molecular formula is C18H22ClN3OS. The molecule has 1 aliphatic heterocycles. The topological polar surface area (TPSA) is 36.4 Å². The molecule has 2 heterocycles. The zero-order chi connectivity index (χ0) is 16.4. The zero-order valence-electron chi connectivity index (χ0n) is 14.2. The summed E-state index contributed by atoms with van der Waals surface area (Å²) in [6.45, 7) is 3.56. The maximum atomic E-state index is 11.7. The molecule has 4 nitrogen and oxygen atoms in total. The summed E-state index contributed by atoms with van der Waals surface area (Å²) in [5.74, 6) is 1.11. The van der Waals surface area contributed by atoms with Crippen LogP contribution < -0.4 is 4.90 Å². The Labute approximate surface area is 153 Å². The number of ketones is 1. The third-order valence-electron chi connectivity index (χ3n) is 3.87. The Morgan fingerprint density at radius 1 is 1.25 bits per heavy atom. The van der Waals surface area contributed by atoms with Crippen LogP contribution in [0.1, 0.15) is 23.7 Å². The van der Waals surface area contributed by atoms with Crippen LogP contribution in [0.25, 0.3) is 0 Å². The summed E-state index contributed by atoms with van der Waals surface area (Å²) in [7, 11) is 4.18. The Bertz CT molecular complexity index is 736. The molecule has 24 heavy (non-hydrogen) atoms. The van der Waals surface area contributed by atoms with Gasteiger partial charge in [0, 0.05) is 23.2 Å². The van der Waals surface area contributed by atoms with Gasteiger partial charge in [0.25, 0.3) is 0 Å². The molecule has 1 aliphatic rings. The van der Waals surface area contributed by atoms with E-state index in [1.54, 1.807) is 18.7 Å². The van der Waals surface area contributed by atoms with E-state index in [-0.39, 0.29) is 18.2 Å². The van der Waals surface area contributed by atoms with E-state index in [0.717, 1.165) is 46.4 Å². The van der Waals surface area contributed by atoms with Crippen molar-refractivity contribution in [2.45, 2.75) is 23.1 Å². The molecular weight excluding hydrogens is 342 g/mol. The molecule has 0 amide bonds. The number of pyridine rings is 1. The first kappa shape index (κ1) is 18.8. The summed E-state index contributed by atoms with van der Waals surface area (Å²) in [5, 5.41) is 0. The second-order valence-corrected chi connectivity index (χ2v) is 7.06. The van der Waals surface area contributed by atoms with Gasteiger partial charge in [-0.25, -0.2) is 4.98 Å². The molecule has 0 N–H and O–H groups in total. The van der Waals surface area contributed by atoms with Crippen molar-refractivity contribution >= 4 is 41.5 Å². The number of Topliss-reactive ketones (excluding diaryl/α,β-unsaturated/α-hetero) is 1. The average molecular weight is 364 g/mol. The summed E-state index contributed by atoms with van der Waals surface area (Å²) in [4.78, 5) is 23.0. The van der Waals surface area contributed by atoms with Crippen molar-refractivity contribution in [3.8, 4) is 0 Å². The number of benzene rings is 1. The van der Waals surface area contributed by atoms with Crippen molar-refractivity contribution in [1.29, 1.82) is 0 Å². The highest BCUT2D eigenvalue weighted by molar-refractivity contribution is 7.99. The van der Waals surface area contributed by atoms with E-state index in [0.29, 0.717) is 0 Å².